The highest BCUT2D eigenvalue weighted by molar-refractivity contribution is 6.29. The lowest BCUT2D eigenvalue weighted by molar-refractivity contribution is 0.0527. The van der Waals surface area contributed by atoms with E-state index in [1.807, 2.05) is 37.3 Å². The van der Waals surface area contributed by atoms with Crippen molar-refractivity contribution in [1.29, 1.82) is 0 Å². The Balaban J connectivity index is 1.87. The number of nitrogens with zero attached hydrogens (tertiary/aromatic N) is 5. The highest BCUT2D eigenvalue weighted by atomic mass is 35.5. The zero-order chi connectivity index (χ0) is 21.3. The minimum Gasteiger partial charge on any atom is -0.462 e. The number of aryl methyl sites for hydroxylation is 2. The third-order valence-corrected chi connectivity index (χ3v) is 4.64. The van der Waals surface area contributed by atoms with Gasteiger partial charge < -0.3 is 10.1 Å². The first-order valence-corrected chi connectivity index (χ1v) is 9.74. The number of hydrogen-bond acceptors (Lipinski definition) is 7. The standard InChI is InChI=1S/C21H19ClN6O2/c1-4-30-21(29)15-11-23-28(20(15)27-18-10-17(22)24-13(3)25-18)19-9-12(2)14-7-5-6-8-16(14)26-19/h5-11H,4H2,1-3H3,(H,24,25,27). The smallest absolute Gasteiger partial charge is 0.343 e. The van der Waals surface area contributed by atoms with Crippen LogP contribution in [-0.2, 0) is 4.74 Å². The number of ether oxygens (including phenoxy) is 1. The fourth-order valence-electron chi connectivity index (χ4n) is 3.16. The molecule has 3 heterocycles. The number of hydrogen-bond donors (Lipinski definition) is 1. The van der Waals surface area contributed by atoms with Crippen molar-refractivity contribution in [3.63, 3.8) is 0 Å². The predicted molar refractivity (Wildman–Crippen MR) is 115 cm³/mol. The van der Waals surface area contributed by atoms with Crippen LogP contribution in [0.1, 0.15) is 28.7 Å². The number of aromatic nitrogens is 5. The SMILES string of the molecule is CCOC(=O)c1cnn(-c2cc(C)c3ccccc3n2)c1Nc1cc(Cl)nc(C)n1. The number of carbonyl (C=O) groups is 1. The summed E-state index contributed by atoms with van der Waals surface area (Å²) in [6.07, 6.45) is 1.45. The van der Waals surface area contributed by atoms with Gasteiger partial charge in [0.05, 0.1) is 18.3 Å². The van der Waals surface area contributed by atoms with Gasteiger partial charge >= 0.3 is 5.97 Å². The number of fused-ring (bicyclic) bond motifs is 1. The van der Waals surface area contributed by atoms with Gasteiger partial charge in [-0.1, -0.05) is 29.8 Å². The van der Waals surface area contributed by atoms with Crippen LogP contribution in [0.4, 0.5) is 11.6 Å². The number of carbonyl (C=O) groups excluding carboxylic acids is 1. The Morgan fingerprint density at radius 1 is 1.17 bits per heavy atom. The zero-order valence-electron chi connectivity index (χ0n) is 16.7. The first-order chi connectivity index (χ1) is 14.5. The number of nitrogens with one attached hydrogen (secondary N) is 1. The van der Waals surface area contributed by atoms with Crippen LogP contribution >= 0.6 is 11.6 Å². The van der Waals surface area contributed by atoms with Crippen LogP contribution in [-0.4, -0.2) is 37.3 Å². The summed E-state index contributed by atoms with van der Waals surface area (Å²) < 4.78 is 6.74. The Kier molecular flexibility index (Phi) is 5.33. The van der Waals surface area contributed by atoms with Crippen LogP contribution < -0.4 is 5.32 Å². The average Bonchev–Trinajstić information content (AvgIpc) is 3.11. The second kappa shape index (κ2) is 8.08. The summed E-state index contributed by atoms with van der Waals surface area (Å²) in [6.45, 7) is 5.73. The summed E-state index contributed by atoms with van der Waals surface area (Å²) in [5, 5.41) is 8.86. The van der Waals surface area contributed by atoms with Gasteiger partial charge in [0.1, 0.15) is 22.4 Å². The van der Waals surface area contributed by atoms with Gasteiger partial charge in [0, 0.05) is 11.5 Å². The topological polar surface area (TPSA) is 94.8 Å². The third kappa shape index (κ3) is 3.81. The van der Waals surface area contributed by atoms with Crippen molar-refractivity contribution in [3.8, 4) is 5.82 Å². The Labute approximate surface area is 177 Å². The monoisotopic (exact) mass is 422 g/mol. The van der Waals surface area contributed by atoms with Gasteiger partial charge in [0.2, 0.25) is 0 Å². The molecule has 8 nitrogen and oxygen atoms in total. The molecule has 1 N–H and O–H groups in total. The minimum absolute atomic E-state index is 0.245. The minimum atomic E-state index is -0.499. The molecule has 0 saturated carbocycles. The summed E-state index contributed by atoms with van der Waals surface area (Å²) in [5.74, 6) is 1.36. The molecule has 0 aliphatic rings. The number of anilines is 2. The van der Waals surface area contributed by atoms with E-state index in [4.69, 9.17) is 21.3 Å². The number of rotatable bonds is 5. The highest BCUT2D eigenvalue weighted by Crippen LogP contribution is 2.27. The molecule has 0 fully saturated rings. The van der Waals surface area contributed by atoms with Gasteiger partial charge in [0.15, 0.2) is 11.6 Å². The van der Waals surface area contributed by atoms with E-state index in [1.165, 1.54) is 6.20 Å². The summed E-state index contributed by atoms with van der Waals surface area (Å²) in [6, 6.07) is 11.3. The van der Waals surface area contributed by atoms with Crippen LogP contribution in [0, 0.1) is 13.8 Å². The van der Waals surface area contributed by atoms with Crippen LogP contribution in [0.3, 0.4) is 0 Å². The molecule has 3 aromatic heterocycles. The maximum absolute atomic E-state index is 12.5. The average molecular weight is 423 g/mol. The van der Waals surface area contributed by atoms with Crippen molar-refractivity contribution in [2.24, 2.45) is 0 Å². The Morgan fingerprint density at radius 3 is 2.73 bits per heavy atom. The second-order valence-electron chi connectivity index (χ2n) is 6.60. The summed E-state index contributed by atoms with van der Waals surface area (Å²) in [7, 11) is 0. The molecule has 0 aliphatic carbocycles. The Bertz CT molecular complexity index is 1230. The van der Waals surface area contributed by atoms with Crippen molar-refractivity contribution in [1.82, 2.24) is 24.7 Å². The maximum atomic E-state index is 12.5. The first-order valence-electron chi connectivity index (χ1n) is 9.36. The number of halogens is 1. The Morgan fingerprint density at radius 2 is 1.97 bits per heavy atom. The normalized spacial score (nSPS) is 10.9. The molecule has 0 aliphatic heterocycles. The van der Waals surface area contributed by atoms with E-state index >= 15 is 0 Å². The molecule has 0 unspecified atom stereocenters. The zero-order valence-corrected chi connectivity index (χ0v) is 17.4. The van der Waals surface area contributed by atoms with Crippen molar-refractivity contribution in [3.05, 3.63) is 64.7 Å². The molecular weight excluding hydrogens is 404 g/mol. The lowest BCUT2D eigenvalue weighted by atomic mass is 10.1. The van der Waals surface area contributed by atoms with Gasteiger partial charge in [-0.15, -0.1) is 0 Å². The maximum Gasteiger partial charge on any atom is 0.343 e. The fourth-order valence-corrected chi connectivity index (χ4v) is 3.38. The van der Waals surface area contributed by atoms with Crippen LogP contribution in [0.2, 0.25) is 5.15 Å². The van der Waals surface area contributed by atoms with Crippen molar-refractivity contribution in [2.45, 2.75) is 20.8 Å². The van der Waals surface area contributed by atoms with Crippen molar-refractivity contribution < 1.29 is 9.53 Å². The van der Waals surface area contributed by atoms with Gasteiger partial charge in [0.25, 0.3) is 0 Å². The lowest BCUT2D eigenvalue weighted by Crippen LogP contribution is -2.11. The molecule has 0 saturated heterocycles. The molecule has 1 aromatic carbocycles. The molecular formula is C21H19ClN6O2. The molecule has 0 atom stereocenters. The molecule has 152 valence electrons. The molecule has 0 bridgehead atoms. The molecule has 0 spiro atoms. The van der Waals surface area contributed by atoms with Crippen LogP contribution in [0.15, 0.2) is 42.6 Å². The largest absolute Gasteiger partial charge is 0.462 e. The summed E-state index contributed by atoms with van der Waals surface area (Å²) in [5.41, 5.74) is 2.13. The van der Waals surface area contributed by atoms with Crippen molar-refractivity contribution >= 4 is 40.1 Å². The van der Waals surface area contributed by atoms with Gasteiger partial charge in [-0.3, -0.25) is 0 Å². The molecule has 4 aromatic rings. The van der Waals surface area contributed by atoms with Gasteiger partial charge in [-0.05, 0) is 38.5 Å². The van der Waals surface area contributed by atoms with E-state index in [1.54, 1.807) is 24.6 Å². The van der Waals surface area contributed by atoms with Gasteiger partial charge in [-0.2, -0.15) is 9.78 Å². The summed E-state index contributed by atoms with van der Waals surface area (Å²) >= 11 is 6.07. The second-order valence-corrected chi connectivity index (χ2v) is 6.99. The van der Waals surface area contributed by atoms with E-state index in [9.17, 15) is 4.79 Å². The number of esters is 1. The number of pyridine rings is 1. The summed E-state index contributed by atoms with van der Waals surface area (Å²) in [4.78, 5) is 25.6. The molecule has 0 amide bonds. The molecule has 4 rings (SSSR count). The van der Waals surface area contributed by atoms with E-state index < -0.39 is 5.97 Å². The molecule has 0 radical (unpaired) electrons. The van der Waals surface area contributed by atoms with Crippen molar-refractivity contribution in [2.75, 3.05) is 11.9 Å². The van der Waals surface area contributed by atoms with Gasteiger partial charge in [-0.25, -0.2) is 19.7 Å². The fraction of sp³-hybridized carbons (Fsp3) is 0.190. The Hall–Kier alpha value is -3.52. The molecule has 9 heteroatoms. The van der Waals surface area contributed by atoms with E-state index in [0.29, 0.717) is 23.3 Å². The van der Waals surface area contributed by atoms with Crippen LogP contribution in [0.25, 0.3) is 16.7 Å². The highest BCUT2D eigenvalue weighted by Gasteiger charge is 2.21. The third-order valence-electron chi connectivity index (χ3n) is 4.44. The quantitative estimate of drug-likeness (QED) is 0.376. The molecule has 30 heavy (non-hydrogen) atoms. The van der Waals surface area contributed by atoms with E-state index in [0.717, 1.165) is 16.5 Å². The number of benzene rings is 1. The number of para-hydroxylation sites is 1. The van der Waals surface area contributed by atoms with Crippen LogP contribution in [0.5, 0.6) is 0 Å². The predicted octanol–water partition coefficient (Wildman–Crippen LogP) is 4.40. The van der Waals surface area contributed by atoms with E-state index in [2.05, 4.69) is 20.4 Å². The first kappa shape index (κ1) is 19.8. The lowest BCUT2D eigenvalue weighted by Gasteiger charge is -2.13. The van der Waals surface area contributed by atoms with E-state index in [-0.39, 0.29) is 17.3 Å².